The van der Waals surface area contributed by atoms with Crippen LogP contribution >= 0.6 is 27.3 Å². The quantitative estimate of drug-likeness (QED) is 0.868. The van der Waals surface area contributed by atoms with Crippen LogP contribution in [0.3, 0.4) is 0 Å². The van der Waals surface area contributed by atoms with Gasteiger partial charge in [-0.2, -0.15) is 0 Å². The summed E-state index contributed by atoms with van der Waals surface area (Å²) in [5.74, 6) is 0.622. The average Bonchev–Trinajstić information content (AvgIpc) is 2.51. The van der Waals surface area contributed by atoms with Gasteiger partial charge in [-0.05, 0) is 34.5 Å². The molecule has 0 aliphatic rings. The van der Waals surface area contributed by atoms with Gasteiger partial charge in [0.1, 0.15) is 6.10 Å². The first-order valence-corrected chi connectivity index (χ1v) is 6.39. The number of aliphatic hydroxyl groups is 1. The third-order valence-corrected chi connectivity index (χ3v) is 3.60. The lowest BCUT2D eigenvalue weighted by atomic mass is 10.2. The van der Waals surface area contributed by atoms with Crippen molar-refractivity contribution in [2.45, 2.75) is 20.0 Å². The van der Waals surface area contributed by atoms with Crippen molar-refractivity contribution in [2.24, 2.45) is 5.92 Å². The van der Waals surface area contributed by atoms with Crippen molar-refractivity contribution in [3.8, 4) is 0 Å². The van der Waals surface area contributed by atoms with Gasteiger partial charge >= 0.3 is 0 Å². The van der Waals surface area contributed by atoms with Crippen LogP contribution in [0.5, 0.6) is 0 Å². The first kappa shape index (κ1) is 12.2. The molecule has 2 nitrogen and oxygen atoms in total. The van der Waals surface area contributed by atoms with E-state index in [0.717, 1.165) is 15.9 Å². The molecule has 0 spiro atoms. The highest BCUT2D eigenvalue weighted by Gasteiger charge is 2.09. The number of aliphatic hydroxyl groups excluding tert-OH is 1. The molecule has 14 heavy (non-hydrogen) atoms. The zero-order valence-corrected chi connectivity index (χ0v) is 10.9. The molecule has 2 N–H and O–H groups in total. The number of thiophene rings is 1. The third-order valence-electron chi connectivity index (χ3n) is 1.81. The van der Waals surface area contributed by atoms with Gasteiger partial charge in [-0.15, -0.1) is 11.3 Å². The van der Waals surface area contributed by atoms with E-state index >= 15 is 0 Å². The van der Waals surface area contributed by atoms with Gasteiger partial charge in [0.2, 0.25) is 0 Å². The van der Waals surface area contributed by atoms with Crippen molar-refractivity contribution >= 4 is 27.3 Å². The van der Waals surface area contributed by atoms with Gasteiger partial charge in [0, 0.05) is 21.3 Å². The molecule has 0 amide bonds. The second-order valence-electron chi connectivity index (χ2n) is 3.74. The highest BCUT2D eigenvalue weighted by molar-refractivity contribution is 9.10. The molecular formula is C10H16BrNOS. The summed E-state index contributed by atoms with van der Waals surface area (Å²) in [7, 11) is 0. The highest BCUT2D eigenvalue weighted by atomic mass is 79.9. The van der Waals surface area contributed by atoms with Crippen LogP contribution in [0.25, 0.3) is 0 Å². The zero-order chi connectivity index (χ0) is 10.6. The molecule has 1 atom stereocenters. The van der Waals surface area contributed by atoms with Crippen molar-refractivity contribution in [2.75, 3.05) is 13.1 Å². The molecule has 1 heterocycles. The van der Waals surface area contributed by atoms with Gasteiger partial charge in [-0.1, -0.05) is 13.8 Å². The Bertz CT molecular complexity index is 275. The lowest BCUT2D eigenvalue weighted by molar-refractivity contribution is 0.177. The molecule has 0 saturated carbocycles. The van der Waals surface area contributed by atoms with Crippen LogP contribution in [0.2, 0.25) is 0 Å². The molecule has 0 aromatic carbocycles. The maximum atomic E-state index is 9.77. The zero-order valence-electron chi connectivity index (χ0n) is 8.46. The van der Waals surface area contributed by atoms with Crippen LogP contribution in [0.1, 0.15) is 24.8 Å². The van der Waals surface area contributed by atoms with E-state index in [1.54, 1.807) is 11.3 Å². The Morgan fingerprint density at radius 2 is 2.21 bits per heavy atom. The summed E-state index contributed by atoms with van der Waals surface area (Å²) in [6.07, 6.45) is -0.384. The summed E-state index contributed by atoms with van der Waals surface area (Å²) >= 11 is 4.95. The summed E-state index contributed by atoms with van der Waals surface area (Å²) in [6.45, 7) is 5.89. The van der Waals surface area contributed by atoms with Crippen LogP contribution in [-0.2, 0) is 0 Å². The topological polar surface area (TPSA) is 32.3 Å². The van der Waals surface area contributed by atoms with E-state index < -0.39 is 0 Å². The van der Waals surface area contributed by atoms with Crippen LogP contribution in [0.4, 0.5) is 0 Å². The Hall–Kier alpha value is 0.1000. The molecule has 1 aromatic rings. The second kappa shape index (κ2) is 5.85. The molecule has 0 aliphatic heterocycles. The number of rotatable bonds is 5. The SMILES string of the molecule is CC(C)CNCC(O)c1cc(Br)cs1. The predicted octanol–water partition coefficient (Wildman–Crippen LogP) is 2.79. The molecule has 1 rings (SSSR count). The summed E-state index contributed by atoms with van der Waals surface area (Å²) in [6, 6.07) is 1.96. The Labute approximate surface area is 97.5 Å². The van der Waals surface area contributed by atoms with Gasteiger partial charge < -0.3 is 10.4 Å². The molecule has 80 valence electrons. The Balaban J connectivity index is 2.32. The normalized spacial score (nSPS) is 13.5. The molecule has 0 fully saturated rings. The largest absolute Gasteiger partial charge is 0.386 e. The van der Waals surface area contributed by atoms with E-state index in [-0.39, 0.29) is 6.10 Å². The van der Waals surface area contributed by atoms with Gasteiger partial charge in [0.15, 0.2) is 0 Å². The fourth-order valence-electron chi connectivity index (χ4n) is 1.11. The number of hydrogen-bond donors (Lipinski definition) is 2. The molecule has 4 heteroatoms. The Morgan fingerprint density at radius 3 is 2.71 bits per heavy atom. The third kappa shape index (κ3) is 4.09. The van der Waals surface area contributed by atoms with Crippen LogP contribution < -0.4 is 5.32 Å². The van der Waals surface area contributed by atoms with Gasteiger partial charge in [-0.25, -0.2) is 0 Å². The van der Waals surface area contributed by atoms with E-state index in [0.29, 0.717) is 12.5 Å². The van der Waals surface area contributed by atoms with Crippen molar-refractivity contribution < 1.29 is 5.11 Å². The van der Waals surface area contributed by atoms with E-state index in [1.165, 1.54) is 0 Å². The predicted molar refractivity (Wildman–Crippen MR) is 64.7 cm³/mol. The number of nitrogens with one attached hydrogen (secondary N) is 1. The van der Waals surface area contributed by atoms with Crippen molar-refractivity contribution in [1.29, 1.82) is 0 Å². The second-order valence-corrected chi connectivity index (χ2v) is 5.59. The molecule has 1 aromatic heterocycles. The smallest absolute Gasteiger partial charge is 0.101 e. The number of halogens is 1. The fourth-order valence-corrected chi connectivity index (χ4v) is 2.54. The summed E-state index contributed by atoms with van der Waals surface area (Å²) in [4.78, 5) is 1.01. The highest BCUT2D eigenvalue weighted by Crippen LogP contribution is 2.24. The minimum atomic E-state index is -0.384. The van der Waals surface area contributed by atoms with Gasteiger partial charge in [0.05, 0.1) is 0 Å². The average molecular weight is 278 g/mol. The standard InChI is InChI=1S/C10H16BrNOS/c1-7(2)4-12-5-9(13)10-3-8(11)6-14-10/h3,6-7,9,12-13H,4-5H2,1-2H3. The lowest BCUT2D eigenvalue weighted by Crippen LogP contribution is -2.24. The maximum absolute atomic E-state index is 9.77. The molecule has 0 radical (unpaired) electrons. The summed E-state index contributed by atoms with van der Waals surface area (Å²) in [5.41, 5.74) is 0. The van der Waals surface area contributed by atoms with Crippen molar-refractivity contribution in [1.82, 2.24) is 5.32 Å². The van der Waals surface area contributed by atoms with Crippen LogP contribution in [0.15, 0.2) is 15.9 Å². The van der Waals surface area contributed by atoms with E-state index in [9.17, 15) is 5.11 Å². The van der Waals surface area contributed by atoms with Crippen LogP contribution in [0, 0.1) is 5.92 Å². The van der Waals surface area contributed by atoms with E-state index in [2.05, 4.69) is 35.1 Å². The van der Waals surface area contributed by atoms with E-state index in [1.807, 2.05) is 11.4 Å². The molecule has 1 unspecified atom stereocenters. The minimum absolute atomic E-state index is 0.384. The van der Waals surface area contributed by atoms with E-state index in [4.69, 9.17) is 0 Å². The minimum Gasteiger partial charge on any atom is -0.386 e. The van der Waals surface area contributed by atoms with Crippen molar-refractivity contribution in [3.63, 3.8) is 0 Å². The maximum Gasteiger partial charge on any atom is 0.101 e. The summed E-state index contributed by atoms with van der Waals surface area (Å²) in [5, 5.41) is 15.0. The Kier molecular flexibility index (Phi) is 5.09. The molecule has 0 aliphatic carbocycles. The first-order valence-electron chi connectivity index (χ1n) is 4.72. The lowest BCUT2D eigenvalue weighted by Gasteiger charge is -2.11. The molecule has 0 saturated heterocycles. The van der Waals surface area contributed by atoms with Crippen molar-refractivity contribution in [3.05, 3.63) is 20.8 Å². The number of hydrogen-bond acceptors (Lipinski definition) is 3. The fraction of sp³-hybridized carbons (Fsp3) is 0.600. The first-order chi connectivity index (χ1) is 6.59. The molecular weight excluding hydrogens is 262 g/mol. The van der Waals surface area contributed by atoms with Gasteiger partial charge in [0.25, 0.3) is 0 Å². The van der Waals surface area contributed by atoms with Crippen LogP contribution in [-0.4, -0.2) is 18.2 Å². The summed E-state index contributed by atoms with van der Waals surface area (Å²) < 4.78 is 1.04. The molecule has 0 bridgehead atoms. The monoisotopic (exact) mass is 277 g/mol. The van der Waals surface area contributed by atoms with Gasteiger partial charge in [-0.3, -0.25) is 0 Å². The Morgan fingerprint density at radius 1 is 1.50 bits per heavy atom.